The molecule has 1 unspecified atom stereocenters. The van der Waals surface area contributed by atoms with Crippen molar-refractivity contribution >= 4 is 27.4 Å². The zero-order chi connectivity index (χ0) is 15.8. The predicted molar refractivity (Wildman–Crippen MR) is 94.9 cm³/mol. The van der Waals surface area contributed by atoms with Crippen LogP contribution in [0.4, 0.5) is 5.82 Å². The Balaban J connectivity index is 1.73. The van der Waals surface area contributed by atoms with Crippen LogP contribution in [0.15, 0.2) is 24.5 Å². The number of rotatable bonds is 3. The largest absolute Gasteiger partial charge is 0.365 e. The van der Waals surface area contributed by atoms with Crippen LogP contribution >= 0.6 is 11.3 Å². The van der Waals surface area contributed by atoms with Crippen LogP contribution in [0, 0.1) is 12.8 Å². The molecular weight excluding hydrogens is 304 g/mol. The lowest BCUT2D eigenvalue weighted by molar-refractivity contribution is 0.509. The molecule has 0 saturated carbocycles. The first-order valence-electron chi connectivity index (χ1n) is 8.12. The van der Waals surface area contributed by atoms with E-state index in [0.29, 0.717) is 0 Å². The van der Waals surface area contributed by atoms with Gasteiger partial charge in [0.25, 0.3) is 0 Å². The Kier molecular flexibility index (Phi) is 3.73. The van der Waals surface area contributed by atoms with Crippen LogP contribution in [0.5, 0.6) is 0 Å². The summed E-state index contributed by atoms with van der Waals surface area (Å²) in [4.78, 5) is 16.2. The van der Waals surface area contributed by atoms with Gasteiger partial charge in [0.1, 0.15) is 16.5 Å². The van der Waals surface area contributed by atoms with Crippen molar-refractivity contribution in [2.75, 3.05) is 5.32 Å². The molecule has 4 nitrogen and oxygen atoms in total. The molecule has 0 aromatic carbocycles. The van der Waals surface area contributed by atoms with E-state index in [-0.39, 0.29) is 0 Å². The lowest BCUT2D eigenvalue weighted by Crippen LogP contribution is -2.10. The van der Waals surface area contributed by atoms with Gasteiger partial charge >= 0.3 is 0 Å². The number of pyridine rings is 1. The maximum atomic E-state index is 4.68. The van der Waals surface area contributed by atoms with Crippen molar-refractivity contribution in [3.63, 3.8) is 0 Å². The number of hydrogen-bond acceptors (Lipinski definition) is 5. The van der Waals surface area contributed by atoms with Gasteiger partial charge in [-0.05, 0) is 49.3 Å². The van der Waals surface area contributed by atoms with E-state index in [9.17, 15) is 0 Å². The van der Waals surface area contributed by atoms with Gasteiger partial charge in [0.2, 0.25) is 0 Å². The number of nitrogens with zero attached hydrogens (tertiary/aromatic N) is 3. The smallest absolute Gasteiger partial charge is 0.139 e. The highest BCUT2D eigenvalue weighted by atomic mass is 32.1. The molecular formula is C18H20N4S. The van der Waals surface area contributed by atoms with Crippen molar-refractivity contribution in [2.24, 2.45) is 5.92 Å². The predicted octanol–water partition coefficient (Wildman–Crippen LogP) is 4.13. The van der Waals surface area contributed by atoms with Crippen LogP contribution < -0.4 is 5.32 Å². The summed E-state index contributed by atoms with van der Waals surface area (Å²) in [5.41, 5.74) is 2.63. The Morgan fingerprint density at radius 3 is 3.09 bits per heavy atom. The molecule has 0 fully saturated rings. The molecule has 0 amide bonds. The molecule has 0 radical (unpaired) electrons. The highest BCUT2D eigenvalue weighted by Crippen LogP contribution is 2.40. The molecule has 23 heavy (non-hydrogen) atoms. The third-order valence-corrected chi connectivity index (χ3v) is 5.60. The summed E-state index contributed by atoms with van der Waals surface area (Å²) in [6.07, 6.45) is 7.27. The topological polar surface area (TPSA) is 50.7 Å². The van der Waals surface area contributed by atoms with Crippen LogP contribution in [0.1, 0.15) is 35.2 Å². The van der Waals surface area contributed by atoms with Gasteiger partial charge in [0.05, 0.1) is 5.39 Å². The molecule has 1 aliphatic rings. The highest BCUT2D eigenvalue weighted by molar-refractivity contribution is 7.19. The maximum Gasteiger partial charge on any atom is 0.139 e. The van der Waals surface area contributed by atoms with Gasteiger partial charge in [-0.1, -0.05) is 13.0 Å². The van der Waals surface area contributed by atoms with E-state index in [1.54, 1.807) is 6.20 Å². The van der Waals surface area contributed by atoms with Crippen LogP contribution in [0.2, 0.25) is 0 Å². The zero-order valence-electron chi connectivity index (χ0n) is 13.5. The SMILES string of the molecule is Cc1nc(NCc2cccnc2)c2c3c(sc2n1)CC(C)CC3. The van der Waals surface area contributed by atoms with E-state index in [1.165, 1.54) is 28.7 Å². The Morgan fingerprint density at radius 2 is 2.26 bits per heavy atom. The summed E-state index contributed by atoms with van der Waals surface area (Å²) in [7, 11) is 0. The Labute approximate surface area is 140 Å². The van der Waals surface area contributed by atoms with Crippen molar-refractivity contribution in [1.82, 2.24) is 15.0 Å². The number of hydrogen-bond donors (Lipinski definition) is 1. The monoisotopic (exact) mass is 324 g/mol. The van der Waals surface area contributed by atoms with Crippen molar-refractivity contribution in [3.05, 3.63) is 46.4 Å². The second-order valence-corrected chi connectivity index (χ2v) is 7.45. The Morgan fingerprint density at radius 1 is 1.35 bits per heavy atom. The van der Waals surface area contributed by atoms with Crippen molar-refractivity contribution in [2.45, 2.75) is 39.7 Å². The maximum absolute atomic E-state index is 4.68. The fourth-order valence-electron chi connectivity index (χ4n) is 3.27. The number of aryl methyl sites for hydroxylation is 2. The van der Waals surface area contributed by atoms with E-state index in [2.05, 4.69) is 33.3 Å². The summed E-state index contributed by atoms with van der Waals surface area (Å²) >= 11 is 1.85. The average molecular weight is 324 g/mol. The molecule has 0 aliphatic heterocycles. The number of nitrogens with one attached hydrogen (secondary N) is 1. The third-order valence-electron chi connectivity index (χ3n) is 4.45. The molecule has 3 heterocycles. The van der Waals surface area contributed by atoms with Crippen LogP contribution in [-0.4, -0.2) is 15.0 Å². The summed E-state index contributed by atoms with van der Waals surface area (Å²) in [6.45, 7) is 5.04. The molecule has 0 saturated heterocycles. The minimum atomic E-state index is 0.737. The van der Waals surface area contributed by atoms with E-state index < -0.39 is 0 Å². The van der Waals surface area contributed by atoms with Crippen molar-refractivity contribution < 1.29 is 0 Å². The van der Waals surface area contributed by atoms with Gasteiger partial charge in [-0.15, -0.1) is 11.3 Å². The number of fused-ring (bicyclic) bond motifs is 3. The molecule has 4 rings (SSSR count). The van der Waals surface area contributed by atoms with Crippen LogP contribution in [-0.2, 0) is 19.4 Å². The molecule has 5 heteroatoms. The van der Waals surface area contributed by atoms with E-state index in [4.69, 9.17) is 0 Å². The van der Waals surface area contributed by atoms with Gasteiger partial charge in [-0.25, -0.2) is 9.97 Å². The first-order chi connectivity index (χ1) is 11.2. The lowest BCUT2D eigenvalue weighted by Gasteiger charge is -2.18. The summed E-state index contributed by atoms with van der Waals surface area (Å²) in [5.74, 6) is 2.58. The summed E-state index contributed by atoms with van der Waals surface area (Å²) in [5, 5.41) is 4.75. The van der Waals surface area contributed by atoms with Gasteiger partial charge in [-0.3, -0.25) is 4.98 Å². The molecule has 1 N–H and O–H groups in total. The molecule has 1 atom stereocenters. The third kappa shape index (κ3) is 2.81. The molecule has 0 bridgehead atoms. The second kappa shape index (κ2) is 5.89. The fraction of sp³-hybridized carbons (Fsp3) is 0.389. The Hall–Kier alpha value is -2.01. The average Bonchev–Trinajstić information content (AvgIpc) is 2.90. The number of thiophene rings is 1. The summed E-state index contributed by atoms with van der Waals surface area (Å²) in [6, 6.07) is 4.04. The first kappa shape index (κ1) is 14.6. The van der Waals surface area contributed by atoms with Crippen molar-refractivity contribution in [3.8, 4) is 0 Å². The summed E-state index contributed by atoms with van der Waals surface area (Å²) < 4.78 is 0. The fourth-order valence-corrected chi connectivity index (χ4v) is 4.69. The van der Waals surface area contributed by atoms with Crippen LogP contribution in [0.25, 0.3) is 10.2 Å². The second-order valence-electron chi connectivity index (χ2n) is 6.37. The van der Waals surface area contributed by atoms with E-state index in [0.717, 1.165) is 40.9 Å². The van der Waals surface area contributed by atoms with Gasteiger partial charge in [0.15, 0.2) is 0 Å². The number of aromatic nitrogens is 3. The number of anilines is 1. The standard InChI is InChI=1S/C18H20N4S/c1-11-5-6-14-15(8-11)23-18-16(14)17(21-12(2)22-18)20-10-13-4-3-7-19-9-13/h3-4,7,9,11H,5-6,8,10H2,1-2H3,(H,20,21,22). The molecule has 118 valence electrons. The molecule has 3 aromatic heterocycles. The quantitative estimate of drug-likeness (QED) is 0.787. The van der Waals surface area contributed by atoms with E-state index >= 15 is 0 Å². The Bertz CT molecular complexity index is 841. The van der Waals surface area contributed by atoms with Gasteiger partial charge in [-0.2, -0.15) is 0 Å². The van der Waals surface area contributed by atoms with Crippen molar-refractivity contribution in [1.29, 1.82) is 0 Å². The lowest BCUT2D eigenvalue weighted by atomic mass is 9.89. The minimum Gasteiger partial charge on any atom is -0.365 e. The van der Waals surface area contributed by atoms with Crippen LogP contribution in [0.3, 0.4) is 0 Å². The first-order valence-corrected chi connectivity index (χ1v) is 8.94. The normalized spacial score (nSPS) is 17.2. The minimum absolute atomic E-state index is 0.737. The molecule has 1 aliphatic carbocycles. The zero-order valence-corrected chi connectivity index (χ0v) is 14.3. The molecule has 0 spiro atoms. The van der Waals surface area contributed by atoms with Gasteiger partial charge < -0.3 is 5.32 Å². The molecule has 3 aromatic rings. The highest BCUT2D eigenvalue weighted by Gasteiger charge is 2.23. The van der Waals surface area contributed by atoms with E-state index in [1.807, 2.05) is 30.5 Å². The van der Waals surface area contributed by atoms with Gasteiger partial charge in [0, 0.05) is 23.8 Å².